The zero-order valence-corrected chi connectivity index (χ0v) is 9.58. The summed E-state index contributed by atoms with van der Waals surface area (Å²) in [6.45, 7) is 5.43. The molecule has 0 bridgehead atoms. The Labute approximate surface area is 92.4 Å². The minimum atomic E-state index is 0.0919. The third-order valence-electron chi connectivity index (χ3n) is 3.89. The summed E-state index contributed by atoms with van der Waals surface area (Å²) in [7, 11) is 0. The van der Waals surface area contributed by atoms with Gasteiger partial charge in [-0.25, -0.2) is 0 Å². The number of hydrogen-bond donors (Lipinski definition) is 1. The third kappa shape index (κ3) is 2.50. The van der Waals surface area contributed by atoms with E-state index in [9.17, 15) is 0 Å². The van der Waals surface area contributed by atoms with Crippen molar-refractivity contribution >= 4 is 0 Å². The molecule has 3 nitrogen and oxygen atoms in total. The fraction of sp³-hybridized carbons (Fsp3) is 0.917. The highest BCUT2D eigenvalue weighted by Crippen LogP contribution is 2.25. The maximum atomic E-state index is 8.93. The van der Waals surface area contributed by atoms with Gasteiger partial charge in [0.2, 0.25) is 0 Å². The highest BCUT2D eigenvalue weighted by Gasteiger charge is 2.30. The summed E-state index contributed by atoms with van der Waals surface area (Å²) >= 11 is 0. The first-order valence-electron chi connectivity index (χ1n) is 6.18. The van der Waals surface area contributed by atoms with Crippen LogP contribution < -0.4 is 5.32 Å². The van der Waals surface area contributed by atoms with Gasteiger partial charge in [0.1, 0.15) is 0 Å². The molecule has 0 saturated carbocycles. The van der Waals surface area contributed by atoms with Gasteiger partial charge in [-0.2, -0.15) is 5.26 Å². The number of hydrogen-bond acceptors (Lipinski definition) is 3. The minimum absolute atomic E-state index is 0.0919. The zero-order valence-electron chi connectivity index (χ0n) is 9.58. The number of nitriles is 1. The van der Waals surface area contributed by atoms with E-state index in [2.05, 4.69) is 16.3 Å². The largest absolute Gasteiger partial charge is 0.314 e. The molecule has 15 heavy (non-hydrogen) atoms. The van der Waals surface area contributed by atoms with Gasteiger partial charge in [0.25, 0.3) is 0 Å². The summed E-state index contributed by atoms with van der Waals surface area (Å²) in [4.78, 5) is 2.34. The second-order valence-electron chi connectivity index (χ2n) is 4.91. The van der Waals surface area contributed by atoms with Crippen molar-refractivity contribution in [2.24, 2.45) is 5.92 Å². The lowest BCUT2D eigenvalue weighted by Gasteiger charge is -2.37. The highest BCUT2D eigenvalue weighted by molar-refractivity contribution is 4.93. The quantitative estimate of drug-likeness (QED) is 0.743. The summed E-state index contributed by atoms with van der Waals surface area (Å²) in [5.41, 5.74) is 0. The average Bonchev–Trinajstić information content (AvgIpc) is 2.82. The number of likely N-dealkylation sites (tertiary alicyclic amines) is 1. The molecule has 0 aromatic rings. The Kier molecular flexibility index (Phi) is 3.61. The molecule has 0 spiro atoms. The first kappa shape index (κ1) is 10.9. The van der Waals surface area contributed by atoms with Gasteiger partial charge in [-0.05, 0) is 51.6 Å². The van der Waals surface area contributed by atoms with Gasteiger partial charge in [-0.3, -0.25) is 4.90 Å². The topological polar surface area (TPSA) is 39.1 Å². The fourth-order valence-corrected chi connectivity index (χ4v) is 2.92. The predicted octanol–water partition coefficient (Wildman–Crippen LogP) is 1.36. The standard InChI is InChI=1S/C12H21N3/c1-10(8-13)15-7-3-4-11(9-15)12-5-2-6-14-12/h10-12,14H,2-7,9H2,1H3. The molecule has 2 aliphatic heterocycles. The van der Waals surface area contributed by atoms with Crippen LogP contribution in [0.2, 0.25) is 0 Å². The lowest BCUT2D eigenvalue weighted by Crippen LogP contribution is -2.46. The third-order valence-corrected chi connectivity index (χ3v) is 3.89. The zero-order chi connectivity index (χ0) is 10.7. The van der Waals surface area contributed by atoms with Crippen LogP contribution in [0.4, 0.5) is 0 Å². The van der Waals surface area contributed by atoms with E-state index in [1.54, 1.807) is 0 Å². The molecule has 3 heteroatoms. The molecule has 3 unspecified atom stereocenters. The van der Waals surface area contributed by atoms with E-state index in [1.165, 1.54) is 32.2 Å². The summed E-state index contributed by atoms with van der Waals surface area (Å²) in [5.74, 6) is 0.775. The smallest absolute Gasteiger partial charge is 0.0949 e. The monoisotopic (exact) mass is 207 g/mol. The molecule has 3 atom stereocenters. The van der Waals surface area contributed by atoms with Gasteiger partial charge in [0.15, 0.2) is 0 Å². The van der Waals surface area contributed by atoms with Crippen LogP contribution in [-0.2, 0) is 0 Å². The van der Waals surface area contributed by atoms with E-state index in [0.717, 1.165) is 25.0 Å². The maximum Gasteiger partial charge on any atom is 0.0949 e. The molecule has 2 fully saturated rings. The average molecular weight is 207 g/mol. The molecule has 0 aromatic heterocycles. The fourth-order valence-electron chi connectivity index (χ4n) is 2.92. The van der Waals surface area contributed by atoms with Gasteiger partial charge < -0.3 is 5.32 Å². The number of nitrogens with one attached hydrogen (secondary N) is 1. The summed E-state index contributed by atoms with van der Waals surface area (Å²) in [6, 6.07) is 3.16. The van der Waals surface area contributed by atoms with Gasteiger partial charge in [-0.15, -0.1) is 0 Å². The van der Waals surface area contributed by atoms with E-state index in [0.29, 0.717) is 0 Å². The van der Waals surface area contributed by atoms with E-state index >= 15 is 0 Å². The van der Waals surface area contributed by atoms with E-state index in [-0.39, 0.29) is 6.04 Å². The Balaban J connectivity index is 1.89. The lowest BCUT2D eigenvalue weighted by molar-refractivity contribution is 0.135. The first-order valence-corrected chi connectivity index (χ1v) is 6.18. The number of piperidine rings is 1. The second-order valence-corrected chi connectivity index (χ2v) is 4.91. The molecule has 2 aliphatic rings. The Morgan fingerprint density at radius 3 is 2.93 bits per heavy atom. The van der Waals surface area contributed by atoms with Crippen LogP contribution in [0.15, 0.2) is 0 Å². The van der Waals surface area contributed by atoms with E-state index in [4.69, 9.17) is 5.26 Å². The van der Waals surface area contributed by atoms with Crippen molar-refractivity contribution in [2.45, 2.75) is 44.7 Å². The Bertz CT molecular complexity index is 240. The normalized spacial score (nSPS) is 34.9. The Morgan fingerprint density at radius 2 is 2.27 bits per heavy atom. The highest BCUT2D eigenvalue weighted by atomic mass is 15.2. The minimum Gasteiger partial charge on any atom is -0.314 e. The number of rotatable bonds is 2. The van der Waals surface area contributed by atoms with E-state index in [1.807, 2.05) is 6.92 Å². The van der Waals surface area contributed by atoms with E-state index < -0.39 is 0 Å². The second kappa shape index (κ2) is 4.96. The van der Waals surface area contributed by atoms with Crippen LogP contribution in [0.3, 0.4) is 0 Å². The van der Waals surface area contributed by atoms with Crippen molar-refractivity contribution in [3.8, 4) is 6.07 Å². The van der Waals surface area contributed by atoms with Crippen LogP contribution in [0.1, 0.15) is 32.6 Å². The van der Waals surface area contributed by atoms with Crippen LogP contribution >= 0.6 is 0 Å². The lowest BCUT2D eigenvalue weighted by atomic mass is 9.89. The van der Waals surface area contributed by atoms with Crippen molar-refractivity contribution in [1.82, 2.24) is 10.2 Å². The molecule has 0 aliphatic carbocycles. The van der Waals surface area contributed by atoms with Gasteiger partial charge in [-0.1, -0.05) is 0 Å². The molecule has 1 N–H and O–H groups in total. The summed E-state index contributed by atoms with van der Waals surface area (Å²) in [5, 5.41) is 12.5. The van der Waals surface area contributed by atoms with Crippen LogP contribution in [0, 0.1) is 17.2 Å². The SMILES string of the molecule is CC(C#N)N1CCCC(C2CCCN2)C1. The predicted molar refractivity (Wildman–Crippen MR) is 60.4 cm³/mol. The van der Waals surface area contributed by atoms with Crippen LogP contribution in [-0.4, -0.2) is 36.6 Å². The Morgan fingerprint density at radius 1 is 1.40 bits per heavy atom. The van der Waals surface area contributed by atoms with Gasteiger partial charge >= 0.3 is 0 Å². The molecule has 2 rings (SSSR count). The summed E-state index contributed by atoms with van der Waals surface area (Å²) < 4.78 is 0. The van der Waals surface area contributed by atoms with Crippen molar-refractivity contribution < 1.29 is 0 Å². The van der Waals surface area contributed by atoms with Gasteiger partial charge in [0, 0.05) is 12.6 Å². The molecule has 2 saturated heterocycles. The number of nitrogens with zero attached hydrogens (tertiary/aromatic N) is 2. The van der Waals surface area contributed by atoms with Crippen LogP contribution in [0.25, 0.3) is 0 Å². The molecule has 0 amide bonds. The molecule has 0 radical (unpaired) electrons. The maximum absolute atomic E-state index is 8.93. The Hall–Kier alpha value is -0.590. The molecular weight excluding hydrogens is 186 g/mol. The molecule has 0 aromatic carbocycles. The first-order chi connectivity index (χ1) is 7.31. The summed E-state index contributed by atoms with van der Waals surface area (Å²) in [6.07, 6.45) is 5.26. The van der Waals surface area contributed by atoms with Crippen molar-refractivity contribution in [1.29, 1.82) is 5.26 Å². The van der Waals surface area contributed by atoms with Gasteiger partial charge in [0.05, 0.1) is 12.1 Å². The van der Waals surface area contributed by atoms with Crippen molar-refractivity contribution in [3.05, 3.63) is 0 Å². The molecular formula is C12H21N3. The van der Waals surface area contributed by atoms with Crippen molar-refractivity contribution in [3.63, 3.8) is 0 Å². The molecule has 2 heterocycles. The molecule has 84 valence electrons. The van der Waals surface area contributed by atoms with Crippen LogP contribution in [0.5, 0.6) is 0 Å². The van der Waals surface area contributed by atoms with Crippen molar-refractivity contribution in [2.75, 3.05) is 19.6 Å².